The van der Waals surface area contributed by atoms with E-state index in [2.05, 4.69) is 0 Å². The molecule has 0 aromatic heterocycles. The molecule has 0 fully saturated rings. The first-order valence-electron chi connectivity index (χ1n) is 9.28. The number of allylic oxidation sites excluding steroid dienone is 1. The van der Waals surface area contributed by atoms with Crippen molar-refractivity contribution in [1.29, 1.82) is 0 Å². The summed E-state index contributed by atoms with van der Waals surface area (Å²) >= 11 is 6.02. The highest BCUT2D eigenvalue weighted by Gasteiger charge is 2.28. The Morgan fingerprint density at radius 2 is 1.84 bits per heavy atom. The van der Waals surface area contributed by atoms with Gasteiger partial charge in [-0.05, 0) is 54.6 Å². The molecule has 0 radical (unpaired) electrons. The fourth-order valence-corrected chi connectivity index (χ4v) is 3.26. The van der Waals surface area contributed by atoms with Gasteiger partial charge in [0.2, 0.25) is 5.78 Å². The Hall–Kier alpha value is -3.64. The van der Waals surface area contributed by atoms with E-state index in [1.165, 1.54) is 36.4 Å². The average molecular weight is 439 g/mol. The fourth-order valence-electron chi connectivity index (χ4n) is 3.05. The molecule has 1 aliphatic heterocycles. The highest BCUT2D eigenvalue weighted by Crippen LogP contribution is 2.35. The molecule has 0 spiro atoms. The van der Waals surface area contributed by atoms with Crippen LogP contribution < -0.4 is 14.2 Å². The lowest BCUT2D eigenvalue weighted by Crippen LogP contribution is -2.11. The van der Waals surface area contributed by atoms with Crippen LogP contribution in [0.2, 0.25) is 5.02 Å². The number of carbonyl (C=O) groups excluding carboxylic acids is 2. The largest absolute Gasteiger partial charge is 0.497 e. The molecule has 0 saturated heterocycles. The second kappa shape index (κ2) is 8.62. The molecular weight excluding hydrogens is 423 g/mol. The molecule has 3 aromatic carbocycles. The normalized spacial score (nSPS) is 13.6. The number of benzene rings is 3. The molecule has 3 aromatic rings. The smallest absolute Gasteiger partial charge is 0.231 e. The number of ketones is 2. The van der Waals surface area contributed by atoms with Gasteiger partial charge in [0.1, 0.15) is 23.1 Å². The van der Waals surface area contributed by atoms with E-state index in [4.69, 9.17) is 25.8 Å². The predicted molar refractivity (Wildman–Crippen MR) is 114 cm³/mol. The minimum Gasteiger partial charge on any atom is -0.497 e. The van der Waals surface area contributed by atoms with Gasteiger partial charge in [-0.2, -0.15) is 0 Å². The highest BCUT2D eigenvalue weighted by molar-refractivity contribution is 6.32. The Morgan fingerprint density at radius 3 is 2.55 bits per heavy atom. The van der Waals surface area contributed by atoms with Crippen LogP contribution in [0.4, 0.5) is 4.39 Å². The van der Waals surface area contributed by atoms with Gasteiger partial charge < -0.3 is 14.2 Å². The first kappa shape index (κ1) is 20.6. The van der Waals surface area contributed by atoms with Crippen LogP contribution in [0.5, 0.6) is 17.2 Å². The van der Waals surface area contributed by atoms with E-state index in [-0.39, 0.29) is 34.5 Å². The maximum atomic E-state index is 14.0. The Labute approximate surface area is 182 Å². The molecule has 31 heavy (non-hydrogen) atoms. The first-order valence-corrected chi connectivity index (χ1v) is 9.66. The molecule has 0 amide bonds. The van der Waals surface area contributed by atoms with Crippen molar-refractivity contribution in [1.82, 2.24) is 0 Å². The van der Waals surface area contributed by atoms with Gasteiger partial charge in [-0.15, -0.1) is 0 Å². The number of ether oxygens (including phenoxy) is 3. The summed E-state index contributed by atoms with van der Waals surface area (Å²) in [5, 5.41) is 0.168. The van der Waals surface area contributed by atoms with Crippen molar-refractivity contribution in [2.45, 2.75) is 0 Å². The Balaban J connectivity index is 1.48. The molecule has 0 unspecified atom stereocenters. The Kier molecular flexibility index (Phi) is 5.73. The van der Waals surface area contributed by atoms with Gasteiger partial charge >= 0.3 is 0 Å². The van der Waals surface area contributed by atoms with Crippen molar-refractivity contribution in [2.24, 2.45) is 0 Å². The number of carbonyl (C=O) groups is 2. The number of halogens is 2. The van der Waals surface area contributed by atoms with Crippen molar-refractivity contribution < 1.29 is 28.2 Å². The summed E-state index contributed by atoms with van der Waals surface area (Å²) in [5.41, 5.74) is 0.870. The van der Waals surface area contributed by atoms with Gasteiger partial charge in [-0.3, -0.25) is 9.59 Å². The lowest BCUT2D eigenvalue weighted by molar-refractivity contribution is 0.0920. The molecule has 1 heterocycles. The molecule has 0 N–H and O–H groups in total. The highest BCUT2D eigenvalue weighted by atomic mass is 35.5. The molecule has 4 rings (SSSR count). The van der Waals surface area contributed by atoms with E-state index in [9.17, 15) is 14.0 Å². The van der Waals surface area contributed by atoms with Crippen LogP contribution in [0, 0.1) is 5.82 Å². The monoisotopic (exact) mass is 438 g/mol. The molecule has 0 aliphatic carbocycles. The van der Waals surface area contributed by atoms with Gasteiger partial charge in [0.25, 0.3) is 0 Å². The second-order valence-corrected chi connectivity index (χ2v) is 7.08. The molecule has 0 atom stereocenters. The zero-order valence-electron chi connectivity index (χ0n) is 16.4. The minimum atomic E-state index is -0.562. The van der Waals surface area contributed by atoms with Crippen molar-refractivity contribution in [3.05, 3.63) is 94.0 Å². The van der Waals surface area contributed by atoms with Gasteiger partial charge in [0.15, 0.2) is 18.1 Å². The lowest BCUT2D eigenvalue weighted by atomic mass is 10.1. The van der Waals surface area contributed by atoms with Crippen LogP contribution in [0.3, 0.4) is 0 Å². The SMILES string of the molecule is COc1ccc(C(=O)COc2ccc3c(c2)OC(=Cc2c(F)cccc2Cl)C3=O)cc1. The zero-order valence-corrected chi connectivity index (χ0v) is 17.1. The van der Waals surface area contributed by atoms with Crippen LogP contribution in [0.25, 0.3) is 6.08 Å². The molecule has 7 heteroatoms. The maximum absolute atomic E-state index is 14.0. The standard InChI is InChI=1S/C24H16ClFO5/c1-29-15-7-5-14(6-8-15)21(27)13-30-16-9-10-17-22(11-16)31-23(24(17)28)12-18-19(25)3-2-4-20(18)26/h2-12H,13H2,1H3. The number of hydrogen-bond donors (Lipinski definition) is 0. The Bertz CT molecular complexity index is 1180. The molecule has 156 valence electrons. The zero-order chi connectivity index (χ0) is 22.0. The molecule has 0 bridgehead atoms. The minimum absolute atomic E-state index is 0.0477. The number of rotatable bonds is 6. The van der Waals surface area contributed by atoms with E-state index in [0.29, 0.717) is 22.6 Å². The van der Waals surface area contributed by atoms with Gasteiger partial charge in [0.05, 0.1) is 17.7 Å². The van der Waals surface area contributed by atoms with Crippen molar-refractivity contribution in [3.63, 3.8) is 0 Å². The van der Waals surface area contributed by atoms with Crippen molar-refractivity contribution >= 4 is 29.2 Å². The summed E-state index contributed by atoms with van der Waals surface area (Å²) in [7, 11) is 1.55. The third-order valence-electron chi connectivity index (χ3n) is 4.70. The lowest BCUT2D eigenvalue weighted by Gasteiger charge is -2.07. The maximum Gasteiger partial charge on any atom is 0.231 e. The van der Waals surface area contributed by atoms with E-state index < -0.39 is 11.6 Å². The molecule has 1 aliphatic rings. The topological polar surface area (TPSA) is 61.8 Å². The third kappa shape index (κ3) is 4.29. The predicted octanol–water partition coefficient (Wildman–Crippen LogP) is 5.37. The fraction of sp³-hybridized carbons (Fsp3) is 0.0833. The van der Waals surface area contributed by atoms with Crippen LogP contribution in [-0.2, 0) is 0 Å². The number of methoxy groups -OCH3 is 1. The van der Waals surface area contributed by atoms with E-state index >= 15 is 0 Å². The summed E-state index contributed by atoms with van der Waals surface area (Å²) in [5.74, 6) is 0.0575. The third-order valence-corrected chi connectivity index (χ3v) is 5.03. The summed E-state index contributed by atoms with van der Waals surface area (Å²) < 4.78 is 30.3. The van der Waals surface area contributed by atoms with E-state index in [0.717, 1.165) is 0 Å². The quantitative estimate of drug-likeness (QED) is 0.382. The first-order chi connectivity index (χ1) is 15.0. The van der Waals surface area contributed by atoms with Crippen molar-refractivity contribution in [2.75, 3.05) is 13.7 Å². The van der Waals surface area contributed by atoms with E-state index in [1.54, 1.807) is 37.4 Å². The van der Waals surface area contributed by atoms with Crippen LogP contribution in [0.1, 0.15) is 26.3 Å². The molecule has 5 nitrogen and oxygen atoms in total. The Morgan fingerprint density at radius 1 is 1.10 bits per heavy atom. The van der Waals surface area contributed by atoms with Crippen molar-refractivity contribution in [3.8, 4) is 17.2 Å². The molecular formula is C24H16ClFO5. The number of fused-ring (bicyclic) bond motifs is 1. The number of Topliss-reactive ketones (excluding diaryl/α,β-unsaturated/α-hetero) is 2. The van der Waals surface area contributed by atoms with E-state index in [1.807, 2.05) is 0 Å². The number of hydrogen-bond acceptors (Lipinski definition) is 5. The summed E-state index contributed by atoms with van der Waals surface area (Å²) in [6, 6.07) is 15.6. The second-order valence-electron chi connectivity index (χ2n) is 6.67. The summed E-state index contributed by atoms with van der Waals surface area (Å²) in [4.78, 5) is 24.9. The molecule has 0 saturated carbocycles. The van der Waals surface area contributed by atoms with Crippen LogP contribution >= 0.6 is 11.6 Å². The van der Waals surface area contributed by atoms with Crippen LogP contribution in [0.15, 0.2) is 66.4 Å². The summed E-state index contributed by atoms with van der Waals surface area (Å²) in [6.07, 6.45) is 1.27. The average Bonchev–Trinajstić information content (AvgIpc) is 3.09. The van der Waals surface area contributed by atoms with Gasteiger partial charge in [-0.25, -0.2) is 4.39 Å². The summed E-state index contributed by atoms with van der Waals surface area (Å²) in [6.45, 7) is -0.188. The van der Waals surface area contributed by atoms with Gasteiger partial charge in [0, 0.05) is 17.2 Å². The van der Waals surface area contributed by atoms with Gasteiger partial charge in [-0.1, -0.05) is 17.7 Å². The van der Waals surface area contributed by atoms with Crippen LogP contribution in [-0.4, -0.2) is 25.3 Å².